The zero-order valence-electron chi connectivity index (χ0n) is 20.9. The maximum absolute atomic E-state index is 12.9. The molecule has 5 heteroatoms. The van der Waals surface area contributed by atoms with Crippen molar-refractivity contribution in [2.24, 2.45) is 5.92 Å². The van der Waals surface area contributed by atoms with Gasteiger partial charge in [-0.2, -0.15) is 0 Å². The van der Waals surface area contributed by atoms with Crippen molar-refractivity contribution >= 4 is 11.8 Å². The van der Waals surface area contributed by atoms with Crippen molar-refractivity contribution < 1.29 is 9.59 Å². The molecule has 0 aromatic heterocycles. The minimum absolute atomic E-state index is 0.00140. The van der Waals surface area contributed by atoms with Crippen molar-refractivity contribution in [3.8, 4) is 0 Å². The SMILES string of the molecule is Cc1ccccc1C(=O)N1CCC(N2CCC(Cc3ccc(C(=O)NC(C)C)cc3)CC2)CC1. The Kier molecular flexibility index (Phi) is 8.04. The standard InChI is InChI=1S/C29H39N3O2/c1-21(2)30-28(33)25-10-8-23(9-11-25)20-24-12-16-31(17-13-24)26-14-18-32(19-15-26)29(34)27-7-5-4-6-22(27)3/h4-11,21,24,26H,12-20H2,1-3H3,(H,30,33). The van der Waals surface area contributed by atoms with Crippen LogP contribution in [0.4, 0.5) is 0 Å². The van der Waals surface area contributed by atoms with Crippen LogP contribution in [0.25, 0.3) is 0 Å². The van der Waals surface area contributed by atoms with E-state index >= 15 is 0 Å². The third-order valence-electron chi connectivity index (χ3n) is 7.45. The Hall–Kier alpha value is -2.66. The third-order valence-corrected chi connectivity index (χ3v) is 7.45. The number of likely N-dealkylation sites (tertiary alicyclic amines) is 2. The minimum atomic E-state index is 0.00140. The van der Waals surface area contributed by atoms with Crippen molar-refractivity contribution in [2.45, 2.75) is 65.0 Å². The van der Waals surface area contributed by atoms with Gasteiger partial charge < -0.3 is 15.1 Å². The van der Waals surface area contributed by atoms with E-state index < -0.39 is 0 Å². The van der Waals surface area contributed by atoms with Gasteiger partial charge in [0.1, 0.15) is 0 Å². The predicted octanol–water partition coefficient (Wildman–Crippen LogP) is 4.69. The molecule has 2 amide bonds. The number of piperidine rings is 2. The van der Waals surface area contributed by atoms with Crippen molar-refractivity contribution in [3.63, 3.8) is 0 Å². The molecular weight excluding hydrogens is 422 g/mol. The first kappa shape index (κ1) is 24.5. The van der Waals surface area contributed by atoms with Gasteiger partial charge in [-0.25, -0.2) is 0 Å². The smallest absolute Gasteiger partial charge is 0.254 e. The number of aryl methyl sites for hydroxylation is 1. The Bertz CT molecular complexity index is 969. The highest BCUT2D eigenvalue weighted by molar-refractivity contribution is 5.95. The average molecular weight is 462 g/mol. The lowest BCUT2D eigenvalue weighted by Crippen LogP contribution is -2.49. The number of nitrogens with zero attached hydrogens (tertiary/aromatic N) is 2. The maximum Gasteiger partial charge on any atom is 0.254 e. The fourth-order valence-corrected chi connectivity index (χ4v) is 5.41. The molecule has 34 heavy (non-hydrogen) atoms. The molecule has 0 spiro atoms. The summed E-state index contributed by atoms with van der Waals surface area (Å²) in [5, 5.41) is 2.95. The second-order valence-corrected chi connectivity index (χ2v) is 10.3. The summed E-state index contributed by atoms with van der Waals surface area (Å²) < 4.78 is 0. The largest absolute Gasteiger partial charge is 0.350 e. The van der Waals surface area contributed by atoms with Gasteiger partial charge in [-0.15, -0.1) is 0 Å². The average Bonchev–Trinajstić information content (AvgIpc) is 2.84. The van der Waals surface area contributed by atoms with E-state index in [2.05, 4.69) is 22.3 Å². The van der Waals surface area contributed by atoms with Crippen molar-refractivity contribution in [1.82, 2.24) is 15.1 Å². The van der Waals surface area contributed by atoms with Crippen LogP contribution in [0.15, 0.2) is 48.5 Å². The minimum Gasteiger partial charge on any atom is -0.350 e. The Morgan fingerprint density at radius 3 is 2.18 bits per heavy atom. The molecule has 0 saturated carbocycles. The van der Waals surface area contributed by atoms with Gasteiger partial charge in [0.25, 0.3) is 11.8 Å². The summed E-state index contributed by atoms with van der Waals surface area (Å²) in [5.41, 5.74) is 3.96. The molecule has 2 aliphatic rings. The van der Waals surface area contributed by atoms with E-state index in [0.29, 0.717) is 12.0 Å². The Morgan fingerprint density at radius 2 is 1.56 bits per heavy atom. The van der Waals surface area contributed by atoms with E-state index in [0.717, 1.165) is 62.1 Å². The molecule has 0 aliphatic carbocycles. The quantitative estimate of drug-likeness (QED) is 0.679. The molecule has 2 heterocycles. The third kappa shape index (κ3) is 6.06. The molecule has 2 aliphatic heterocycles. The van der Waals surface area contributed by atoms with Crippen molar-refractivity contribution in [3.05, 3.63) is 70.8 Å². The molecule has 4 rings (SSSR count). The summed E-state index contributed by atoms with van der Waals surface area (Å²) >= 11 is 0. The molecule has 0 atom stereocenters. The van der Waals surface area contributed by atoms with Gasteiger partial charge in [0.2, 0.25) is 0 Å². The second-order valence-electron chi connectivity index (χ2n) is 10.3. The lowest BCUT2D eigenvalue weighted by molar-refractivity contribution is 0.0551. The Balaban J connectivity index is 1.21. The zero-order chi connectivity index (χ0) is 24.1. The predicted molar refractivity (Wildman–Crippen MR) is 137 cm³/mol. The van der Waals surface area contributed by atoms with Crippen LogP contribution >= 0.6 is 0 Å². The molecule has 0 bridgehead atoms. The molecule has 1 N–H and O–H groups in total. The first-order valence-corrected chi connectivity index (χ1v) is 12.9. The summed E-state index contributed by atoms with van der Waals surface area (Å²) in [6.45, 7) is 9.98. The number of carbonyl (C=O) groups is 2. The number of carbonyl (C=O) groups excluding carboxylic acids is 2. The number of hydrogen-bond acceptors (Lipinski definition) is 3. The number of rotatable bonds is 6. The van der Waals surface area contributed by atoms with Gasteiger partial charge in [-0.3, -0.25) is 9.59 Å². The van der Waals surface area contributed by atoms with Crippen LogP contribution in [0.1, 0.15) is 71.4 Å². The van der Waals surface area contributed by atoms with Crippen LogP contribution < -0.4 is 5.32 Å². The van der Waals surface area contributed by atoms with Gasteiger partial charge in [0, 0.05) is 36.3 Å². The topological polar surface area (TPSA) is 52.7 Å². The molecule has 2 saturated heterocycles. The molecule has 182 valence electrons. The fourth-order valence-electron chi connectivity index (χ4n) is 5.41. The van der Waals surface area contributed by atoms with E-state index in [-0.39, 0.29) is 17.9 Å². The number of benzene rings is 2. The van der Waals surface area contributed by atoms with Gasteiger partial charge in [-0.05, 0) is 101 Å². The van der Waals surface area contributed by atoms with Gasteiger partial charge in [-0.1, -0.05) is 30.3 Å². The van der Waals surface area contributed by atoms with E-state index in [9.17, 15) is 9.59 Å². The number of nitrogens with one attached hydrogen (secondary N) is 1. The highest BCUT2D eigenvalue weighted by atomic mass is 16.2. The van der Waals surface area contributed by atoms with E-state index in [1.807, 2.05) is 62.1 Å². The lowest BCUT2D eigenvalue weighted by Gasteiger charge is -2.42. The van der Waals surface area contributed by atoms with Crippen LogP contribution in [0.5, 0.6) is 0 Å². The highest BCUT2D eigenvalue weighted by Gasteiger charge is 2.30. The number of amides is 2. The normalized spacial score (nSPS) is 18.3. The zero-order valence-corrected chi connectivity index (χ0v) is 20.9. The molecule has 0 radical (unpaired) electrons. The van der Waals surface area contributed by atoms with Crippen LogP contribution in [0.3, 0.4) is 0 Å². The molecule has 2 aromatic rings. The lowest BCUT2D eigenvalue weighted by atomic mass is 9.88. The molecule has 0 unspecified atom stereocenters. The molecule has 2 fully saturated rings. The summed E-state index contributed by atoms with van der Waals surface area (Å²) in [7, 11) is 0. The Morgan fingerprint density at radius 1 is 0.912 bits per heavy atom. The summed E-state index contributed by atoms with van der Waals surface area (Å²) in [6.07, 6.45) is 5.67. The number of hydrogen-bond donors (Lipinski definition) is 1. The monoisotopic (exact) mass is 461 g/mol. The van der Waals surface area contributed by atoms with Crippen LogP contribution in [-0.4, -0.2) is 59.9 Å². The summed E-state index contributed by atoms with van der Waals surface area (Å²) in [6, 6.07) is 16.8. The van der Waals surface area contributed by atoms with Gasteiger partial charge in [0.15, 0.2) is 0 Å². The van der Waals surface area contributed by atoms with Gasteiger partial charge >= 0.3 is 0 Å². The molecule has 5 nitrogen and oxygen atoms in total. The van der Waals surface area contributed by atoms with E-state index in [1.165, 1.54) is 18.4 Å². The van der Waals surface area contributed by atoms with Gasteiger partial charge in [0.05, 0.1) is 0 Å². The van der Waals surface area contributed by atoms with Crippen LogP contribution in [-0.2, 0) is 6.42 Å². The van der Waals surface area contributed by atoms with E-state index in [1.54, 1.807) is 0 Å². The van der Waals surface area contributed by atoms with E-state index in [4.69, 9.17) is 0 Å². The highest BCUT2D eigenvalue weighted by Crippen LogP contribution is 2.27. The van der Waals surface area contributed by atoms with Crippen LogP contribution in [0, 0.1) is 12.8 Å². The molecular formula is C29H39N3O2. The summed E-state index contributed by atoms with van der Waals surface area (Å²) in [5.74, 6) is 0.888. The maximum atomic E-state index is 12.9. The first-order chi connectivity index (χ1) is 16.4. The van der Waals surface area contributed by atoms with Crippen molar-refractivity contribution in [1.29, 1.82) is 0 Å². The van der Waals surface area contributed by atoms with Crippen LogP contribution in [0.2, 0.25) is 0 Å². The summed E-state index contributed by atoms with van der Waals surface area (Å²) in [4.78, 5) is 29.8. The fraction of sp³-hybridized carbons (Fsp3) is 0.517. The first-order valence-electron chi connectivity index (χ1n) is 12.9. The van der Waals surface area contributed by atoms with Crippen molar-refractivity contribution in [2.75, 3.05) is 26.2 Å². The second kappa shape index (κ2) is 11.2. The molecule has 2 aromatic carbocycles. The Labute approximate surface area is 204 Å².